The summed E-state index contributed by atoms with van der Waals surface area (Å²) in [7, 11) is 0. The first-order chi connectivity index (χ1) is 9.97. The summed E-state index contributed by atoms with van der Waals surface area (Å²) >= 11 is 0. The van der Waals surface area contributed by atoms with E-state index in [1.165, 1.54) is 12.1 Å². The number of allylic oxidation sites excluding steroid dienone is 1. The second kappa shape index (κ2) is 6.00. The molecule has 0 spiro atoms. The molecule has 2 aromatic rings. The Bertz CT molecular complexity index is 717. The number of rotatable bonds is 4. The van der Waals surface area contributed by atoms with Crippen LogP contribution in [0.3, 0.4) is 0 Å². The molecule has 0 aliphatic heterocycles. The fourth-order valence-corrected chi connectivity index (χ4v) is 1.99. The van der Waals surface area contributed by atoms with Crippen LogP contribution in [0.4, 0.5) is 5.69 Å². The van der Waals surface area contributed by atoms with Crippen molar-refractivity contribution >= 4 is 17.2 Å². The molecule has 0 heterocycles. The Labute approximate surface area is 121 Å². The van der Waals surface area contributed by atoms with Crippen LogP contribution in [0.25, 0.3) is 16.7 Å². The van der Waals surface area contributed by atoms with Crippen molar-refractivity contribution in [3.8, 4) is 11.1 Å². The van der Waals surface area contributed by atoms with Crippen LogP contribution in [0.2, 0.25) is 0 Å². The predicted molar refractivity (Wildman–Crippen MR) is 79.8 cm³/mol. The highest BCUT2D eigenvalue weighted by atomic mass is 16.6. The van der Waals surface area contributed by atoms with Crippen LogP contribution in [0.1, 0.15) is 12.5 Å². The lowest BCUT2D eigenvalue weighted by Gasteiger charge is -2.05. The summed E-state index contributed by atoms with van der Waals surface area (Å²) < 4.78 is 0. The number of carbonyl (C=O) groups is 1. The van der Waals surface area contributed by atoms with E-state index < -0.39 is 10.9 Å². The van der Waals surface area contributed by atoms with Gasteiger partial charge in [-0.1, -0.05) is 36.4 Å². The van der Waals surface area contributed by atoms with Crippen molar-refractivity contribution in [1.82, 2.24) is 0 Å². The van der Waals surface area contributed by atoms with Gasteiger partial charge in [-0.05, 0) is 29.2 Å². The molecule has 0 fully saturated rings. The number of non-ortho nitro benzene ring substituents is 1. The zero-order valence-corrected chi connectivity index (χ0v) is 11.3. The van der Waals surface area contributed by atoms with E-state index in [9.17, 15) is 14.9 Å². The molecule has 106 valence electrons. The van der Waals surface area contributed by atoms with E-state index in [-0.39, 0.29) is 5.69 Å². The number of nitro groups is 1. The van der Waals surface area contributed by atoms with Crippen molar-refractivity contribution in [3.05, 3.63) is 70.3 Å². The summed E-state index contributed by atoms with van der Waals surface area (Å²) in [6.07, 6.45) is 1.14. The molecule has 0 radical (unpaired) electrons. The smallest absolute Gasteiger partial charge is 0.328 e. The van der Waals surface area contributed by atoms with Crippen molar-refractivity contribution in [2.24, 2.45) is 0 Å². The molecule has 1 N–H and O–H groups in total. The molecular formula is C16H13NO4. The summed E-state index contributed by atoms with van der Waals surface area (Å²) in [5.41, 5.74) is 3.07. The highest BCUT2D eigenvalue weighted by molar-refractivity contribution is 5.89. The zero-order valence-electron chi connectivity index (χ0n) is 11.3. The molecule has 0 aliphatic rings. The first-order valence-electron chi connectivity index (χ1n) is 6.24. The van der Waals surface area contributed by atoms with Gasteiger partial charge in [0.05, 0.1) is 4.92 Å². The van der Waals surface area contributed by atoms with E-state index in [4.69, 9.17) is 5.11 Å². The third-order valence-electron chi connectivity index (χ3n) is 3.07. The van der Waals surface area contributed by atoms with Gasteiger partial charge in [0.25, 0.3) is 5.69 Å². The third-order valence-corrected chi connectivity index (χ3v) is 3.07. The zero-order chi connectivity index (χ0) is 15.4. The van der Waals surface area contributed by atoms with Crippen molar-refractivity contribution in [2.45, 2.75) is 6.92 Å². The molecule has 0 atom stereocenters. The van der Waals surface area contributed by atoms with Crippen LogP contribution in [0.15, 0.2) is 54.6 Å². The maximum absolute atomic E-state index is 10.8. The van der Waals surface area contributed by atoms with Crippen molar-refractivity contribution in [3.63, 3.8) is 0 Å². The second-order valence-corrected chi connectivity index (χ2v) is 4.55. The molecule has 0 aliphatic carbocycles. The molecule has 2 aromatic carbocycles. The molecule has 5 nitrogen and oxygen atoms in total. The molecule has 0 saturated heterocycles. The van der Waals surface area contributed by atoms with Crippen LogP contribution in [0, 0.1) is 10.1 Å². The first-order valence-corrected chi connectivity index (χ1v) is 6.24. The fraction of sp³-hybridized carbons (Fsp3) is 0.0625. The number of carboxylic acids is 1. The van der Waals surface area contributed by atoms with Gasteiger partial charge in [0, 0.05) is 18.2 Å². The van der Waals surface area contributed by atoms with Crippen molar-refractivity contribution in [2.75, 3.05) is 0 Å². The topological polar surface area (TPSA) is 80.4 Å². The van der Waals surface area contributed by atoms with E-state index in [1.807, 2.05) is 12.1 Å². The lowest BCUT2D eigenvalue weighted by atomic mass is 10.0. The van der Waals surface area contributed by atoms with Gasteiger partial charge in [-0.2, -0.15) is 0 Å². The largest absolute Gasteiger partial charge is 0.478 e. The molecule has 0 bridgehead atoms. The lowest BCUT2D eigenvalue weighted by molar-refractivity contribution is -0.384. The molecular weight excluding hydrogens is 270 g/mol. The normalized spacial score (nSPS) is 11.2. The molecule has 0 saturated carbocycles. The Hall–Kier alpha value is -2.95. The van der Waals surface area contributed by atoms with Gasteiger partial charge in [0.15, 0.2) is 0 Å². The average molecular weight is 283 g/mol. The quantitative estimate of drug-likeness (QED) is 0.526. The summed E-state index contributed by atoms with van der Waals surface area (Å²) in [5.74, 6) is -0.990. The third kappa shape index (κ3) is 3.54. The predicted octanol–water partition coefficient (Wildman–Crippen LogP) is 3.75. The molecule has 0 amide bonds. The van der Waals surface area contributed by atoms with E-state index >= 15 is 0 Å². The number of hydrogen-bond donors (Lipinski definition) is 1. The van der Waals surface area contributed by atoms with Crippen LogP contribution < -0.4 is 0 Å². The number of carboxylic acid groups (broad SMARTS) is 1. The van der Waals surface area contributed by atoms with E-state index in [0.29, 0.717) is 5.57 Å². The SMILES string of the molecule is C/C(=C\C(=O)O)c1ccc(-c2cccc([N+](=O)[O-])c2)cc1. The van der Waals surface area contributed by atoms with Crippen LogP contribution in [0.5, 0.6) is 0 Å². The van der Waals surface area contributed by atoms with Crippen LogP contribution in [-0.2, 0) is 4.79 Å². The van der Waals surface area contributed by atoms with E-state index in [1.54, 1.807) is 31.2 Å². The van der Waals surface area contributed by atoms with Crippen LogP contribution in [-0.4, -0.2) is 16.0 Å². The Morgan fingerprint density at radius 3 is 2.38 bits per heavy atom. The highest BCUT2D eigenvalue weighted by Gasteiger charge is 2.07. The minimum absolute atomic E-state index is 0.0403. The number of nitrogens with zero attached hydrogens (tertiary/aromatic N) is 1. The number of benzene rings is 2. The van der Waals surface area contributed by atoms with Gasteiger partial charge in [-0.25, -0.2) is 4.79 Å². The molecule has 2 rings (SSSR count). The fourth-order valence-electron chi connectivity index (χ4n) is 1.99. The van der Waals surface area contributed by atoms with Crippen molar-refractivity contribution in [1.29, 1.82) is 0 Å². The van der Waals surface area contributed by atoms with Crippen LogP contribution >= 0.6 is 0 Å². The minimum atomic E-state index is -0.990. The van der Waals surface area contributed by atoms with E-state index in [0.717, 1.165) is 22.8 Å². The van der Waals surface area contributed by atoms with Crippen molar-refractivity contribution < 1.29 is 14.8 Å². The van der Waals surface area contributed by atoms with Gasteiger partial charge < -0.3 is 5.11 Å². The Morgan fingerprint density at radius 2 is 1.81 bits per heavy atom. The van der Waals surface area contributed by atoms with E-state index in [2.05, 4.69) is 0 Å². The lowest BCUT2D eigenvalue weighted by Crippen LogP contribution is -1.90. The summed E-state index contributed by atoms with van der Waals surface area (Å²) in [6.45, 7) is 1.72. The summed E-state index contributed by atoms with van der Waals surface area (Å²) in [5, 5.41) is 19.5. The van der Waals surface area contributed by atoms with Gasteiger partial charge >= 0.3 is 5.97 Å². The monoisotopic (exact) mass is 283 g/mol. The second-order valence-electron chi connectivity index (χ2n) is 4.55. The minimum Gasteiger partial charge on any atom is -0.478 e. The number of nitro benzene ring substituents is 1. The number of hydrogen-bond acceptors (Lipinski definition) is 3. The molecule has 0 aromatic heterocycles. The summed E-state index contributed by atoms with van der Waals surface area (Å²) in [4.78, 5) is 21.0. The Kier molecular flexibility index (Phi) is 4.13. The number of aliphatic carboxylic acids is 1. The first kappa shape index (κ1) is 14.5. The molecule has 21 heavy (non-hydrogen) atoms. The Morgan fingerprint density at radius 1 is 1.14 bits per heavy atom. The Balaban J connectivity index is 2.33. The van der Waals surface area contributed by atoms with Gasteiger partial charge in [-0.15, -0.1) is 0 Å². The summed E-state index contributed by atoms with van der Waals surface area (Å²) in [6, 6.07) is 13.6. The average Bonchev–Trinajstić information content (AvgIpc) is 2.47. The maximum atomic E-state index is 10.8. The molecule has 5 heteroatoms. The van der Waals surface area contributed by atoms with Gasteiger partial charge in [0.1, 0.15) is 0 Å². The molecule has 0 unspecified atom stereocenters. The maximum Gasteiger partial charge on any atom is 0.328 e. The van der Waals surface area contributed by atoms with Gasteiger partial charge in [0.2, 0.25) is 0 Å². The van der Waals surface area contributed by atoms with Gasteiger partial charge in [-0.3, -0.25) is 10.1 Å². The standard InChI is InChI=1S/C16H13NO4/c1-11(9-16(18)19)12-5-7-13(8-6-12)14-3-2-4-15(10-14)17(20)21/h2-10H,1H3,(H,18,19)/b11-9+. The highest BCUT2D eigenvalue weighted by Crippen LogP contribution is 2.25.